The molecule has 5 nitrogen and oxygen atoms in total. The molecule has 1 N–H and O–H groups in total. The second-order valence-corrected chi connectivity index (χ2v) is 8.81. The number of thiophene rings is 1. The number of thiazole rings is 1. The van der Waals surface area contributed by atoms with Gasteiger partial charge in [-0.15, -0.1) is 22.7 Å². The summed E-state index contributed by atoms with van der Waals surface area (Å²) in [5.74, 6) is -0.127. The Bertz CT molecular complexity index is 959. The standard InChI is InChI=1S/C20H22N4OS2/c1-13-10-16(14(2)24(13)20-21-8-9-26-20)12-22-23-19(25)18-11-15-6-4-3-5-7-17(15)27-18/h8-12H,3-7H2,1-2H3,(H,23,25)/b22-12-. The molecule has 3 heterocycles. The predicted molar refractivity (Wildman–Crippen MR) is 112 cm³/mol. The topological polar surface area (TPSA) is 59.3 Å². The number of hydrogen-bond acceptors (Lipinski definition) is 5. The number of carbonyl (C=O) groups excluding carboxylic acids is 1. The van der Waals surface area contributed by atoms with E-state index in [1.807, 2.05) is 25.3 Å². The van der Waals surface area contributed by atoms with Crippen LogP contribution in [0, 0.1) is 13.8 Å². The maximum Gasteiger partial charge on any atom is 0.281 e. The van der Waals surface area contributed by atoms with Gasteiger partial charge in [-0.2, -0.15) is 5.10 Å². The molecule has 0 saturated carbocycles. The molecule has 27 heavy (non-hydrogen) atoms. The third kappa shape index (κ3) is 3.75. The van der Waals surface area contributed by atoms with E-state index in [1.54, 1.807) is 35.1 Å². The van der Waals surface area contributed by atoms with E-state index in [9.17, 15) is 4.79 Å². The number of rotatable bonds is 4. The minimum absolute atomic E-state index is 0.127. The fraction of sp³-hybridized carbons (Fsp3) is 0.350. The summed E-state index contributed by atoms with van der Waals surface area (Å²) >= 11 is 3.21. The van der Waals surface area contributed by atoms with Gasteiger partial charge in [-0.25, -0.2) is 10.4 Å². The Kier molecular flexibility index (Phi) is 5.22. The van der Waals surface area contributed by atoms with E-state index in [4.69, 9.17) is 0 Å². The Morgan fingerprint density at radius 3 is 2.93 bits per heavy atom. The van der Waals surface area contributed by atoms with Gasteiger partial charge in [0.15, 0.2) is 5.13 Å². The monoisotopic (exact) mass is 398 g/mol. The first-order valence-electron chi connectivity index (χ1n) is 9.17. The number of amides is 1. The molecule has 0 unspecified atom stereocenters. The highest BCUT2D eigenvalue weighted by Crippen LogP contribution is 2.29. The van der Waals surface area contributed by atoms with Gasteiger partial charge in [-0.3, -0.25) is 9.36 Å². The van der Waals surface area contributed by atoms with E-state index >= 15 is 0 Å². The number of carbonyl (C=O) groups is 1. The molecular weight excluding hydrogens is 376 g/mol. The van der Waals surface area contributed by atoms with Gasteiger partial charge in [-0.1, -0.05) is 6.42 Å². The van der Waals surface area contributed by atoms with Crippen LogP contribution in [0.5, 0.6) is 0 Å². The normalized spacial score (nSPS) is 14.3. The maximum absolute atomic E-state index is 12.5. The molecule has 0 atom stereocenters. The molecule has 1 aliphatic rings. The van der Waals surface area contributed by atoms with E-state index < -0.39 is 0 Å². The number of hydrogen-bond donors (Lipinski definition) is 1. The smallest absolute Gasteiger partial charge is 0.281 e. The van der Waals surface area contributed by atoms with E-state index in [2.05, 4.69) is 26.1 Å². The summed E-state index contributed by atoms with van der Waals surface area (Å²) in [6.07, 6.45) is 9.43. The summed E-state index contributed by atoms with van der Waals surface area (Å²) in [6, 6.07) is 4.10. The molecule has 3 aromatic rings. The third-order valence-corrected chi connectivity index (χ3v) is 6.91. The number of aromatic nitrogens is 2. The van der Waals surface area contributed by atoms with Crippen molar-refractivity contribution in [1.82, 2.24) is 15.0 Å². The van der Waals surface area contributed by atoms with E-state index in [1.165, 1.54) is 29.7 Å². The highest BCUT2D eigenvalue weighted by Gasteiger charge is 2.16. The molecule has 4 rings (SSSR count). The van der Waals surface area contributed by atoms with Crippen molar-refractivity contribution >= 4 is 34.8 Å². The van der Waals surface area contributed by atoms with Crippen LogP contribution < -0.4 is 5.43 Å². The summed E-state index contributed by atoms with van der Waals surface area (Å²) in [5, 5.41) is 7.09. The van der Waals surface area contributed by atoms with Crippen LogP contribution in [0.25, 0.3) is 5.13 Å². The highest BCUT2D eigenvalue weighted by molar-refractivity contribution is 7.14. The molecule has 7 heteroatoms. The van der Waals surface area contributed by atoms with Crippen LogP contribution in [0.15, 0.2) is 28.8 Å². The van der Waals surface area contributed by atoms with Gasteiger partial charge >= 0.3 is 0 Å². The van der Waals surface area contributed by atoms with Crippen LogP contribution in [0.1, 0.15) is 56.3 Å². The molecule has 0 aromatic carbocycles. The van der Waals surface area contributed by atoms with Crippen molar-refractivity contribution < 1.29 is 4.79 Å². The lowest BCUT2D eigenvalue weighted by Crippen LogP contribution is -2.16. The lowest BCUT2D eigenvalue weighted by molar-refractivity contribution is 0.0959. The van der Waals surface area contributed by atoms with Crippen LogP contribution in [0.4, 0.5) is 0 Å². The first kappa shape index (κ1) is 18.1. The van der Waals surface area contributed by atoms with Crippen LogP contribution >= 0.6 is 22.7 Å². The summed E-state index contributed by atoms with van der Waals surface area (Å²) in [6.45, 7) is 4.08. The Morgan fingerprint density at radius 1 is 1.26 bits per heavy atom. The van der Waals surface area contributed by atoms with Crippen molar-refractivity contribution in [2.45, 2.75) is 46.0 Å². The van der Waals surface area contributed by atoms with Crippen molar-refractivity contribution in [3.8, 4) is 5.13 Å². The second-order valence-electron chi connectivity index (χ2n) is 6.80. The molecule has 0 radical (unpaired) electrons. The zero-order chi connectivity index (χ0) is 18.8. The highest BCUT2D eigenvalue weighted by atomic mass is 32.1. The quantitative estimate of drug-likeness (QED) is 0.395. The Labute approximate surface area is 166 Å². The molecule has 3 aromatic heterocycles. The molecule has 140 valence electrons. The number of aryl methyl sites for hydroxylation is 3. The van der Waals surface area contributed by atoms with Crippen molar-refractivity contribution in [3.05, 3.63) is 56.0 Å². The second kappa shape index (κ2) is 7.78. The number of hydrazone groups is 1. The van der Waals surface area contributed by atoms with Crippen molar-refractivity contribution in [3.63, 3.8) is 0 Å². The largest absolute Gasteiger partial charge is 0.294 e. The maximum atomic E-state index is 12.5. The molecule has 0 spiro atoms. The summed E-state index contributed by atoms with van der Waals surface area (Å²) < 4.78 is 2.10. The third-order valence-electron chi connectivity index (χ3n) is 4.92. The zero-order valence-electron chi connectivity index (χ0n) is 15.5. The first-order chi connectivity index (χ1) is 13.1. The van der Waals surface area contributed by atoms with E-state index in [0.717, 1.165) is 39.8 Å². The summed E-state index contributed by atoms with van der Waals surface area (Å²) in [7, 11) is 0. The Balaban J connectivity index is 1.47. The van der Waals surface area contributed by atoms with E-state index in [0.29, 0.717) is 0 Å². The average Bonchev–Trinajstić information content (AvgIpc) is 3.33. The van der Waals surface area contributed by atoms with Gasteiger partial charge in [0.2, 0.25) is 0 Å². The molecule has 0 bridgehead atoms. The summed E-state index contributed by atoms with van der Waals surface area (Å²) in [5.41, 5.74) is 7.16. The minimum Gasteiger partial charge on any atom is -0.294 e. The SMILES string of the molecule is Cc1cc(/C=N\NC(=O)c2cc3c(s2)CCCCC3)c(C)n1-c1nccs1. The van der Waals surface area contributed by atoms with Crippen LogP contribution in [-0.4, -0.2) is 21.7 Å². The number of fused-ring (bicyclic) bond motifs is 1. The van der Waals surface area contributed by atoms with Crippen LogP contribution in [-0.2, 0) is 12.8 Å². The zero-order valence-corrected chi connectivity index (χ0v) is 17.1. The van der Waals surface area contributed by atoms with Gasteiger partial charge in [0.05, 0.1) is 11.1 Å². The van der Waals surface area contributed by atoms with Gasteiger partial charge in [-0.05, 0) is 57.2 Å². The van der Waals surface area contributed by atoms with Crippen LogP contribution in [0.2, 0.25) is 0 Å². The Hall–Kier alpha value is -2.25. The van der Waals surface area contributed by atoms with Gasteiger partial charge in [0.1, 0.15) is 0 Å². The first-order valence-corrected chi connectivity index (χ1v) is 10.9. The molecular formula is C20H22N4OS2. The summed E-state index contributed by atoms with van der Waals surface area (Å²) in [4.78, 5) is 19.0. The number of nitrogens with one attached hydrogen (secondary N) is 1. The van der Waals surface area contributed by atoms with Crippen molar-refractivity contribution in [1.29, 1.82) is 0 Å². The van der Waals surface area contributed by atoms with Crippen molar-refractivity contribution in [2.75, 3.05) is 0 Å². The predicted octanol–water partition coefficient (Wildman–Crippen LogP) is 4.64. The Morgan fingerprint density at radius 2 is 2.11 bits per heavy atom. The molecule has 1 amide bonds. The van der Waals surface area contributed by atoms with Crippen molar-refractivity contribution in [2.24, 2.45) is 5.10 Å². The fourth-order valence-corrected chi connectivity index (χ4v) is 5.43. The van der Waals surface area contributed by atoms with Gasteiger partial charge in [0.25, 0.3) is 5.91 Å². The van der Waals surface area contributed by atoms with Gasteiger partial charge < -0.3 is 0 Å². The molecule has 0 fully saturated rings. The molecule has 1 aliphatic carbocycles. The molecule has 0 saturated heterocycles. The fourth-order valence-electron chi connectivity index (χ4n) is 3.53. The molecule has 0 aliphatic heterocycles. The van der Waals surface area contributed by atoms with Crippen LogP contribution in [0.3, 0.4) is 0 Å². The van der Waals surface area contributed by atoms with Gasteiger partial charge in [0, 0.05) is 33.4 Å². The minimum atomic E-state index is -0.127. The lowest BCUT2D eigenvalue weighted by atomic mass is 10.1. The lowest BCUT2D eigenvalue weighted by Gasteiger charge is -2.04. The average molecular weight is 399 g/mol. The van der Waals surface area contributed by atoms with E-state index in [-0.39, 0.29) is 5.91 Å². The number of nitrogens with zero attached hydrogens (tertiary/aromatic N) is 3.